The van der Waals surface area contributed by atoms with E-state index in [1.807, 2.05) is 0 Å². The van der Waals surface area contributed by atoms with Crippen LogP contribution in [0.5, 0.6) is 0 Å². The summed E-state index contributed by atoms with van der Waals surface area (Å²) in [5, 5.41) is 0. The highest BCUT2D eigenvalue weighted by atomic mass is 32.2. The van der Waals surface area contributed by atoms with Crippen LogP contribution in [0.15, 0.2) is 47.4 Å². The summed E-state index contributed by atoms with van der Waals surface area (Å²) in [4.78, 5) is 16.1. The molecule has 1 amide bonds. The van der Waals surface area contributed by atoms with E-state index in [1.165, 1.54) is 64.6 Å². The van der Waals surface area contributed by atoms with Gasteiger partial charge in [0.15, 0.2) is 0 Å². The molecule has 1 aliphatic rings. The van der Waals surface area contributed by atoms with Crippen molar-refractivity contribution in [3.8, 4) is 0 Å². The van der Waals surface area contributed by atoms with Crippen LogP contribution in [0.25, 0.3) is 5.57 Å². The van der Waals surface area contributed by atoms with Crippen molar-refractivity contribution in [3.63, 3.8) is 0 Å². The zero-order valence-corrected chi connectivity index (χ0v) is 21.3. The maximum atomic E-state index is 12.9. The molecule has 3 nitrogen and oxygen atoms in total. The molecule has 0 saturated carbocycles. The van der Waals surface area contributed by atoms with Gasteiger partial charge in [-0.25, -0.2) is 0 Å². The highest BCUT2D eigenvalue weighted by molar-refractivity contribution is 7.98. The van der Waals surface area contributed by atoms with Gasteiger partial charge in [-0.3, -0.25) is 9.52 Å². The number of nitrogens with zero attached hydrogens (tertiary/aromatic N) is 1. The SMILES string of the molecule is CC(C)c1cc(C2=CCCC2)cc(C(C)C)c1CC(=O)NSc1ccc(CN(C)C)cc1. The van der Waals surface area contributed by atoms with Gasteiger partial charge in [-0.2, -0.15) is 0 Å². The summed E-state index contributed by atoms with van der Waals surface area (Å²) in [6.45, 7) is 9.85. The van der Waals surface area contributed by atoms with Gasteiger partial charge >= 0.3 is 0 Å². The Morgan fingerprint density at radius 3 is 2.16 bits per heavy atom. The summed E-state index contributed by atoms with van der Waals surface area (Å²) in [6.07, 6.45) is 6.41. The maximum Gasteiger partial charge on any atom is 0.234 e. The largest absolute Gasteiger partial charge is 0.305 e. The number of carbonyl (C=O) groups is 1. The van der Waals surface area contributed by atoms with E-state index >= 15 is 0 Å². The first-order chi connectivity index (χ1) is 15.2. The second-order valence-corrected chi connectivity index (χ2v) is 10.6. The van der Waals surface area contributed by atoms with Crippen molar-refractivity contribution >= 4 is 23.4 Å². The van der Waals surface area contributed by atoms with Crippen LogP contribution in [0, 0.1) is 0 Å². The van der Waals surface area contributed by atoms with Crippen molar-refractivity contribution in [1.29, 1.82) is 0 Å². The number of allylic oxidation sites excluding steroid dienone is 2. The molecule has 4 heteroatoms. The Bertz CT molecular complexity index is 929. The fourth-order valence-corrected chi connectivity index (χ4v) is 4.99. The zero-order valence-electron chi connectivity index (χ0n) is 20.5. The topological polar surface area (TPSA) is 32.3 Å². The van der Waals surface area contributed by atoms with Gasteiger partial charge in [-0.1, -0.05) is 58.0 Å². The Hall–Kier alpha value is -2.04. The molecule has 0 heterocycles. The molecule has 172 valence electrons. The van der Waals surface area contributed by atoms with Gasteiger partial charge in [0.25, 0.3) is 0 Å². The quantitative estimate of drug-likeness (QED) is 0.420. The van der Waals surface area contributed by atoms with E-state index in [0.717, 1.165) is 11.4 Å². The summed E-state index contributed by atoms with van der Waals surface area (Å²) in [6, 6.07) is 13.1. The molecule has 0 aliphatic heterocycles. The molecular formula is C28H38N2OS. The number of benzene rings is 2. The van der Waals surface area contributed by atoms with E-state index in [-0.39, 0.29) is 5.91 Å². The standard InChI is InChI=1S/C28H38N2OS/c1-19(2)25-15-23(22-9-7-8-10-22)16-26(20(3)4)27(25)17-28(31)29-32-24-13-11-21(12-14-24)18-30(5)6/h9,11-16,19-20H,7-8,10,17-18H2,1-6H3,(H,29,31). The molecule has 32 heavy (non-hydrogen) atoms. The first-order valence-electron chi connectivity index (χ1n) is 11.8. The number of hydrogen-bond acceptors (Lipinski definition) is 3. The minimum Gasteiger partial charge on any atom is -0.305 e. The summed E-state index contributed by atoms with van der Waals surface area (Å²) in [5.74, 6) is 0.826. The molecule has 2 aromatic carbocycles. The predicted octanol–water partition coefficient (Wildman–Crippen LogP) is 6.93. The van der Waals surface area contributed by atoms with E-state index in [9.17, 15) is 4.79 Å². The first kappa shape index (κ1) is 24.6. The number of hydrogen-bond donors (Lipinski definition) is 1. The van der Waals surface area contributed by atoms with Crippen LogP contribution in [-0.2, 0) is 17.8 Å². The van der Waals surface area contributed by atoms with Crippen molar-refractivity contribution in [3.05, 3.63) is 70.3 Å². The molecule has 0 spiro atoms. The van der Waals surface area contributed by atoms with Crippen molar-refractivity contribution in [2.24, 2.45) is 0 Å². The molecule has 0 aromatic heterocycles. The van der Waals surface area contributed by atoms with Gasteiger partial charge in [0.1, 0.15) is 0 Å². The molecule has 1 aliphatic carbocycles. The predicted molar refractivity (Wildman–Crippen MR) is 138 cm³/mol. The van der Waals surface area contributed by atoms with Crippen LogP contribution >= 0.6 is 11.9 Å². The Morgan fingerprint density at radius 1 is 1.03 bits per heavy atom. The summed E-state index contributed by atoms with van der Waals surface area (Å²) in [7, 11) is 4.13. The molecule has 3 rings (SSSR count). The van der Waals surface area contributed by atoms with E-state index < -0.39 is 0 Å². The van der Waals surface area contributed by atoms with Crippen molar-refractivity contribution < 1.29 is 4.79 Å². The zero-order chi connectivity index (χ0) is 23.3. The molecular weight excluding hydrogens is 412 g/mol. The molecule has 2 aromatic rings. The number of nitrogens with one attached hydrogen (secondary N) is 1. The third-order valence-corrected chi connectivity index (χ3v) is 6.85. The Balaban J connectivity index is 1.75. The average molecular weight is 451 g/mol. The minimum atomic E-state index is 0.0593. The van der Waals surface area contributed by atoms with Crippen LogP contribution in [0.3, 0.4) is 0 Å². The lowest BCUT2D eigenvalue weighted by Gasteiger charge is -2.22. The smallest absolute Gasteiger partial charge is 0.234 e. The summed E-state index contributed by atoms with van der Waals surface area (Å²) in [5.41, 5.74) is 7.92. The third-order valence-electron chi connectivity index (χ3n) is 6.02. The molecule has 0 radical (unpaired) electrons. The van der Waals surface area contributed by atoms with E-state index in [0.29, 0.717) is 18.3 Å². The second kappa shape index (κ2) is 11.2. The highest BCUT2D eigenvalue weighted by Gasteiger charge is 2.20. The van der Waals surface area contributed by atoms with Crippen molar-refractivity contribution in [2.75, 3.05) is 14.1 Å². The van der Waals surface area contributed by atoms with Crippen LogP contribution < -0.4 is 4.72 Å². The molecule has 0 fully saturated rings. The van der Waals surface area contributed by atoms with Crippen molar-refractivity contribution in [1.82, 2.24) is 9.62 Å². The summed E-state index contributed by atoms with van der Waals surface area (Å²) >= 11 is 1.41. The number of rotatable bonds is 9. The Kier molecular flexibility index (Phi) is 8.61. The van der Waals surface area contributed by atoms with Gasteiger partial charge in [0.05, 0.1) is 6.42 Å². The summed E-state index contributed by atoms with van der Waals surface area (Å²) < 4.78 is 3.07. The molecule has 0 bridgehead atoms. The fraction of sp³-hybridized carbons (Fsp3) is 0.464. The molecule has 1 N–H and O–H groups in total. The van der Waals surface area contributed by atoms with E-state index in [4.69, 9.17) is 0 Å². The van der Waals surface area contributed by atoms with Gasteiger partial charge in [0, 0.05) is 11.4 Å². The molecule has 0 saturated heterocycles. The van der Waals surface area contributed by atoms with Gasteiger partial charge in [-0.05, 0) is 103 Å². The van der Waals surface area contributed by atoms with Crippen LogP contribution in [0.4, 0.5) is 0 Å². The third kappa shape index (κ3) is 6.49. The highest BCUT2D eigenvalue weighted by Crippen LogP contribution is 2.35. The average Bonchev–Trinajstić information content (AvgIpc) is 3.27. The number of amides is 1. The lowest BCUT2D eigenvalue weighted by atomic mass is 9.84. The van der Waals surface area contributed by atoms with Gasteiger partial charge < -0.3 is 4.90 Å². The van der Waals surface area contributed by atoms with Crippen LogP contribution in [0.1, 0.15) is 86.6 Å². The Labute approximate surface area is 198 Å². The van der Waals surface area contributed by atoms with Crippen LogP contribution in [-0.4, -0.2) is 24.9 Å². The fourth-order valence-electron chi connectivity index (χ4n) is 4.41. The monoisotopic (exact) mass is 450 g/mol. The lowest BCUT2D eigenvalue weighted by molar-refractivity contribution is -0.118. The van der Waals surface area contributed by atoms with Crippen molar-refractivity contribution in [2.45, 2.75) is 76.7 Å². The first-order valence-corrected chi connectivity index (χ1v) is 12.6. The Morgan fingerprint density at radius 2 is 1.66 bits per heavy atom. The minimum absolute atomic E-state index is 0.0593. The maximum absolute atomic E-state index is 12.9. The lowest BCUT2D eigenvalue weighted by Crippen LogP contribution is -2.20. The van der Waals surface area contributed by atoms with E-state index in [2.05, 4.69) is 93.9 Å². The second-order valence-electron chi connectivity index (χ2n) is 9.75. The van der Waals surface area contributed by atoms with Gasteiger partial charge in [-0.15, -0.1) is 0 Å². The normalized spacial score (nSPS) is 13.8. The van der Waals surface area contributed by atoms with Crippen LogP contribution in [0.2, 0.25) is 0 Å². The van der Waals surface area contributed by atoms with Gasteiger partial charge in [0.2, 0.25) is 5.91 Å². The molecule has 0 atom stereocenters. The number of carbonyl (C=O) groups excluding carboxylic acids is 1. The molecule has 0 unspecified atom stereocenters. The van der Waals surface area contributed by atoms with E-state index in [1.54, 1.807) is 0 Å².